The number of rotatable bonds is 5. The second kappa shape index (κ2) is 6.58. The van der Waals surface area contributed by atoms with Gasteiger partial charge in [0.1, 0.15) is 6.04 Å². The first-order chi connectivity index (χ1) is 7.29. The molecule has 0 bridgehead atoms. The Kier molecular flexibility index (Phi) is 5.36. The predicted molar refractivity (Wildman–Crippen MR) is 57.6 cm³/mol. The lowest BCUT2D eigenvalue weighted by atomic mass is 10.2. The van der Waals surface area contributed by atoms with Crippen LogP contribution in [0.4, 0.5) is 0 Å². The number of carbonyl (C=O) groups excluding carboxylic acids is 1. The molecule has 86 valence electrons. The molecular weight excluding hydrogens is 194 g/mol. The molecule has 1 atom stereocenters. The lowest BCUT2D eigenvalue weighted by Crippen LogP contribution is -2.50. The molecule has 1 aliphatic rings. The molecule has 1 unspecified atom stereocenters. The summed E-state index contributed by atoms with van der Waals surface area (Å²) in [6, 6.07) is -0.228. The van der Waals surface area contributed by atoms with E-state index in [1.165, 1.54) is 7.11 Å². The molecule has 0 spiro atoms. The van der Waals surface area contributed by atoms with Crippen LogP contribution in [-0.4, -0.2) is 50.3 Å². The van der Waals surface area contributed by atoms with Crippen LogP contribution in [0.3, 0.4) is 0 Å². The van der Waals surface area contributed by atoms with Gasteiger partial charge in [0.15, 0.2) is 0 Å². The van der Waals surface area contributed by atoms with Gasteiger partial charge in [-0.2, -0.15) is 0 Å². The van der Waals surface area contributed by atoms with Gasteiger partial charge < -0.3 is 9.47 Å². The fraction of sp³-hybridized carbons (Fsp3) is 0.727. The first kappa shape index (κ1) is 12.2. The minimum atomic E-state index is -0.228. The van der Waals surface area contributed by atoms with E-state index in [9.17, 15) is 4.79 Å². The molecular formula is C11H19NO3. The lowest BCUT2D eigenvalue weighted by molar-refractivity contribution is -0.153. The van der Waals surface area contributed by atoms with Crippen LogP contribution in [-0.2, 0) is 14.3 Å². The normalized spacial score (nSPS) is 22.3. The van der Waals surface area contributed by atoms with Crippen LogP contribution < -0.4 is 0 Å². The van der Waals surface area contributed by atoms with E-state index in [0.29, 0.717) is 13.2 Å². The average molecular weight is 213 g/mol. The number of hydrogen-bond donors (Lipinski definition) is 0. The standard InChI is InChI=1S/C11H19NO3/c1-3-4-5-6-12-7-8-15-9-10(12)11(13)14-2/h3,10H,1,4-9H2,2H3. The van der Waals surface area contributed by atoms with E-state index in [-0.39, 0.29) is 12.0 Å². The molecule has 1 rings (SSSR count). The van der Waals surface area contributed by atoms with Crippen molar-refractivity contribution in [1.29, 1.82) is 0 Å². The Morgan fingerprint density at radius 3 is 3.20 bits per heavy atom. The highest BCUT2D eigenvalue weighted by molar-refractivity contribution is 5.75. The molecule has 0 amide bonds. The number of nitrogens with zero attached hydrogens (tertiary/aromatic N) is 1. The summed E-state index contributed by atoms with van der Waals surface area (Å²) in [6.07, 6.45) is 3.90. The van der Waals surface area contributed by atoms with E-state index < -0.39 is 0 Å². The van der Waals surface area contributed by atoms with E-state index in [4.69, 9.17) is 9.47 Å². The summed E-state index contributed by atoms with van der Waals surface area (Å²) in [6.45, 7) is 6.52. The van der Waals surface area contributed by atoms with Gasteiger partial charge in [-0.15, -0.1) is 6.58 Å². The third-order valence-corrected chi connectivity index (χ3v) is 2.57. The van der Waals surface area contributed by atoms with Crippen molar-refractivity contribution >= 4 is 5.97 Å². The number of carbonyl (C=O) groups is 1. The van der Waals surface area contributed by atoms with Crippen molar-refractivity contribution in [2.24, 2.45) is 0 Å². The monoisotopic (exact) mass is 213 g/mol. The van der Waals surface area contributed by atoms with Gasteiger partial charge >= 0.3 is 5.97 Å². The van der Waals surface area contributed by atoms with E-state index in [2.05, 4.69) is 11.5 Å². The number of hydrogen-bond acceptors (Lipinski definition) is 4. The van der Waals surface area contributed by atoms with Crippen LogP contribution in [0.5, 0.6) is 0 Å². The largest absolute Gasteiger partial charge is 0.468 e. The summed E-state index contributed by atoms with van der Waals surface area (Å²) in [4.78, 5) is 13.6. The molecule has 4 heteroatoms. The molecule has 0 aromatic rings. The van der Waals surface area contributed by atoms with Crippen LogP contribution >= 0.6 is 0 Å². The molecule has 1 fully saturated rings. The van der Waals surface area contributed by atoms with Gasteiger partial charge in [-0.1, -0.05) is 6.08 Å². The summed E-state index contributed by atoms with van der Waals surface area (Å²) >= 11 is 0. The lowest BCUT2D eigenvalue weighted by Gasteiger charge is -2.33. The molecule has 0 N–H and O–H groups in total. The molecule has 1 aliphatic heterocycles. The Labute approximate surface area is 90.8 Å². The number of allylic oxidation sites excluding steroid dienone is 1. The number of ether oxygens (including phenoxy) is 2. The van der Waals surface area contributed by atoms with E-state index in [1.54, 1.807) is 0 Å². The second-order valence-corrected chi connectivity index (χ2v) is 3.58. The van der Waals surface area contributed by atoms with Crippen molar-refractivity contribution < 1.29 is 14.3 Å². The maximum Gasteiger partial charge on any atom is 0.325 e. The number of esters is 1. The Bertz CT molecular complexity index is 218. The third kappa shape index (κ3) is 3.64. The summed E-state index contributed by atoms with van der Waals surface area (Å²) in [5.74, 6) is -0.201. The van der Waals surface area contributed by atoms with Crippen molar-refractivity contribution in [2.75, 3.05) is 33.4 Å². The maximum absolute atomic E-state index is 11.4. The smallest absolute Gasteiger partial charge is 0.325 e. The second-order valence-electron chi connectivity index (χ2n) is 3.58. The molecule has 1 saturated heterocycles. The quantitative estimate of drug-likeness (QED) is 0.385. The van der Waals surface area contributed by atoms with Crippen molar-refractivity contribution in [3.63, 3.8) is 0 Å². The van der Waals surface area contributed by atoms with Gasteiger partial charge in [-0.25, -0.2) is 0 Å². The SMILES string of the molecule is C=CCCCN1CCOCC1C(=O)OC. The van der Waals surface area contributed by atoms with Crippen LogP contribution in [0, 0.1) is 0 Å². The molecule has 0 saturated carbocycles. The summed E-state index contributed by atoms with van der Waals surface area (Å²) in [7, 11) is 1.42. The number of methoxy groups -OCH3 is 1. The van der Waals surface area contributed by atoms with Crippen molar-refractivity contribution in [3.05, 3.63) is 12.7 Å². The molecule has 0 aromatic heterocycles. The van der Waals surface area contributed by atoms with Gasteiger partial charge in [0.2, 0.25) is 0 Å². The molecule has 0 aromatic carbocycles. The van der Waals surface area contributed by atoms with E-state index in [0.717, 1.165) is 25.9 Å². The zero-order chi connectivity index (χ0) is 11.1. The number of morpholine rings is 1. The minimum absolute atomic E-state index is 0.201. The van der Waals surface area contributed by atoms with Crippen molar-refractivity contribution in [3.8, 4) is 0 Å². The molecule has 0 radical (unpaired) electrons. The van der Waals surface area contributed by atoms with Gasteiger partial charge in [0, 0.05) is 6.54 Å². The Balaban J connectivity index is 2.42. The molecule has 15 heavy (non-hydrogen) atoms. The predicted octanol–water partition coefficient (Wildman–Crippen LogP) is 0.826. The summed E-state index contributed by atoms with van der Waals surface area (Å²) < 4.78 is 10.0. The first-order valence-corrected chi connectivity index (χ1v) is 5.30. The highest BCUT2D eigenvalue weighted by Crippen LogP contribution is 2.09. The zero-order valence-corrected chi connectivity index (χ0v) is 9.28. The Morgan fingerprint density at radius 2 is 2.53 bits per heavy atom. The fourth-order valence-electron chi connectivity index (χ4n) is 1.70. The molecule has 0 aliphatic carbocycles. The van der Waals surface area contributed by atoms with E-state index in [1.807, 2.05) is 6.08 Å². The van der Waals surface area contributed by atoms with Crippen LogP contribution in [0.15, 0.2) is 12.7 Å². The van der Waals surface area contributed by atoms with Crippen LogP contribution in [0.2, 0.25) is 0 Å². The molecule has 1 heterocycles. The van der Waals surface area contributed by atoms with Gasteiger partial charge in [0.05, 0.1) is 20.3 Å². The summed E-state index contributed by atoms with van der Waals surface area (Å²) in [5, 5.41) is 0. The van der Waals surface area contributed by atoms with Crippen molar-refractivity contribution in [2.45, 2.75) is 18.9 Å². The zero-order valence-electron chi connectivity index (χ0n) is 9.28. The minimum Gasteiger partial charge on any atom is -0.468 e. The van der Waals surface area contributed by atoms with E-state index >= 15 is 0 Å². The van der Waals surface area contributed by atoms with Gasteiger partial charge in [-0.05, 0) is 19.4 Å². The van der Waals surface area contributed by atoms with Crippen molar-refractivity contribution in [1.82, 2.24) is 4.90 Å². The maximum atomic E-state index is 11.4. The van der Waals surface area contributed by atoms with Gasteiger partial charge in [0.25, 0.3) is 0 Å². The Hall–Kier alpha value is -0.870. The highest BCUT2D eigenvalue weighted by atomic mass is 16.5. The fourth-order valence-corrected chi connectivity index (χ4v) is 1.70. The topological polar surface area (TPSA) is 38.8 Å². The van der Waals surface area contributed by atoms with Crippen LogP contribution in [0.25, 0.3) is 0 Å². The average Bonchev–Trinajstić information content (AvgIpc) is 2.29. The van der Waals surface area contributed by atoms with Crippen LogP contribution in [0.1, 0.15) is 12.8 Å². The summed E-state index contributed by atoms with van der Waals surface area (Å²) in [5.41, 5.74) is 0. The third-order valence-electron chi connectivity index (χ3n) is 2.57. The Morgan fingerprint density at radius 1 is 1.73 bits per heavy atom. The molecule has 4 nitrogen and oxygen atoms in total. The number of unbranched alkanes of at least 4 members (excludes halogenated alkanes) is 1. The van der Waals surface area contributed by atoms with Gasteiger partial charge in [-0.3, -0.25) is 9.69 Å². The first-order valence-electron chi connectivity index (χ1n) is 5.30. The highest BCUT2D eigenvalue weighted by Gasteiger charge is 2.29.